The Hall–Kier alpha value is -0.600. The van der Waals surface area contributed by atoms with Crippen molar-refractivity contribution in [2.45, 2.75) is 26.4 Å². The van der Waals surface area contributed by atoms with E-state index in [0.717, 1.165) is 0 Å². The lowest BCUT2D eigenvalue weighted by Gasteiger charge is -2.37. The average molecular weight is 230 g/mol. The Kier molecular flexibility index (Phi) is 3.41. The van der Waals surface area contributed by atoms with Crippen molar-refractivity contribution in [2.75, 3.05) is 6.54 Å². The molecule has 0 bridgehead atoms. The summed E-state index contributed by atoms with van der Waals surface area (Å²) < 4.78 is 14.6. The molecule has 2 N–H and O–H groups in total. The van der Waals surface area contributed by atoms with Gasteiger partial charge in [0.2, 0.25) is 0 Å². The number of benzene rings is 1. The summed E-state index contributed by atoms with van der Waals surface area (Å²) in [5, 5.41) is 0.546. The van der Waals surface area contributed by atoms with E-state index in [1.54, 1.807) is 31.2 Å². The fraction of sp³-hybridized carbons (Fsp3) is 0.500. The molecular formula is C12H17ClFN. The molecule has 1 unspecified atom stereocenters. The van der Waals surface area contributed by atoms with Crippen LogP contribution in [-0.4, -0.2) is 6.54 Å². The molecule has 0 fully saturated rings. The summed E-state index contributed by atoms with van der Waals surface area (Å²) in [6.07, 6.45) is 0. The van der Waals surface area contributed by atoms with Crippen LogP contribution in [0.2, 0.25) is 5.02 Å². The van der Waals surface area contributed by atoms with Gasteiger partial charge in [-0.05, 0) is 24.6 Å². The van der Waals surface area contributed by atoms with Crippen molar-refractivity contribution in [3.63, 3.8) is 0 Å². The summed E-state index contributed by atoms with van der Waals surface area (Å²) in [6, 6.07) is 6.88. The predicted molar refractivity (Wildman–Crippen MR) is 62.7 cm³/mol. The smallest absolute Gasteiger partial charge is 0.139 e. The van der Waals surface area contributed by atoms with E-state index >= 15 is 0 Å². The van der Waals surface area contributed by atoms with Gasteiger partial charge in [0.25, 0.3) is 0 Å². The van der Waals surface area contributed by atoms with E-state index in [-0.39, 0.29) is 6.54 Å². The van der Waals surface area contributed by atoms with Gasteiger partial charge in [0, 0.05) is 17.0 Å². The molecule has 0 aromatic heterocycles. The Labute approximate surface area is 95.4 Å². The highest BCUT2D eigenvalue weighted by Gasteiger charge is 2.41. The molecule has 1 aromatic rings. The number of halogens is 2. The first-order valence-corrected chi connectivity index (χ1v) is 5.34. The van der Waals surface area contributed by atoms with Gasteiger partial charge in [-0.15, -0.1) is 0 Å². The molecule has 0 aliphatic rings. The standard InChI is InChI=1S/C12H17ClFN/c1-11(2,8-15)12(3,14)9-5-4-6-10(13)7-9/h4-7H,8,15H2,1-3H3. The predicted octanol–water partition coefficient (Wildman–Crippen LogP) is 3.51. The van der Waals surface area contributed by atoms with Crippen LogP contribution in [0.4, 0.5) is 4.39 Å². The number of hydrogen-bond acceptors (Lipinski definition) is 1. The van der Waals surface area contributed by atoms with Gasteiger partial charge in [-0.25, -0.2) is 4.39 Å². The Morgan fingerprint density at radius 1 is 1.33 bits per heavy atom. The van der Waals surface area contributed by atoms with E-state index in [1.807, 2.05) is 13.8 Å². The first-order valence-electron chi connectivity index (χ1n) is 4.96. The van der Waals surface area contributed by atoms with Crippen LogP contribution in [0.25, 0.3) is 0 Å². The van der Waals surface area contributed by atoms with Crippen LogP contribution in [-0.2, 0) is 5.67 Å². The van der Waals surface area contributed by atoms with Crippen LogP contribution < -0.4 is 5.73 Å². The highest BCUT2D eigenvalue weighted by atomic mass is 35.5. The lowest BCUT2D eigenvalue weighted by molar-refractivity contribution is 0.0372. The molecule has 0 spiro atoms. The van der Waals surface area contributed by atoms with E-state index in [4.69, 9.17) is 17.3 Å². The van der Waals surface area contributed by atoms with Crippen molar-refractivity contribution < 1.29 is 4.39 Å². The largest absolute Gasteiger partial charge is 0.330 e. The van der Waals surface area contributed by atoms with Gasteiger partial charge in [-0.3, -0.25) is 0 Å². The van der Waals surface area contributed by atoms with Gasteiger partial charge in [0.1, 0.15) is 5.67 Å². The summed E-state index contributed by atoms with van der Waals surface area (Å²) in [7, 11) is 0. The lowest BCUT2D eigenvalue weighted by Crippen LogP contribution is -2.41. The van der Waals surface area contributed by atoms with E-state index in [9.17, 15) is 4.39 Å². The molecule has 1 aromatic carbocycles. The van der Waals surface area contributed by atoms with Crippen molar-refractivity contribution in [1.82, 2.24) is 0 Å². The SMILES string of the molecule is CC(C)(CN)C(C)(F)c1cccc(Cl)c1. The number of rotatable bonds is 3. The molecule has 0 heterocycles. The number of hydrogen-bond donors (Lipinski definition) is 1. The second kappa shape index (κ2) is 4.11. The molecule has 0 saturated heterocycles. The maximum atomic E-state index is 14.6. The van der Waals surface area contributed by atoms with Crippen molar-refractivity contribution in [3.8, 4) is 0 Å². The molecule has 0 saturated carbocycles. The molecule has 0 aliphatic heterocycles. The highest BCUT2D eigenvalue weighted by Crippen LogP contribution is 2.42. The molecule has 0 amide bonds. The first kappa shape index (κ1) is 12.5. The molecule has 1 rings (SSSR count). The third kappa shape index (κ3) is 2.32. The van der Waals surface area contributed by atoms with E-state index in [0.29, 0.717) is 10.6 Å². The molecule has 0 aliphatic carbocycles. The van der Waals surface area contributed by atoms with Crippen LogP contribution in [0.3, 0.4) is 0 Å². The Bertz CT molecular complexity index is 347. The fourth-order valence-electron chi connectivity index (χ4n) is 1.36. The monoisotopic (exact) mass is 229 g/mol. The first-order chi connectivity index (χ1) is 6.81. The van der Waals surface area contributed by atoms with Crippen molar-refractivity contribution in [3.05, 3.63) is 34.9 Å². The summed E-state index contributed by atoms with van der Waals surface area (Å²) >= 11 is 5.85. The van der Waals surface area contributed by atoms with Gasteiger partial charge >= 0.3 is 0 Å². The molecule has 3 heteroatoms. The number of nitrogens with two attached hydrogens (primary N) is 1. The zero-order valence-corrected chi connectivity index (χ0v) is 10.1. The minimum Gasteiger partial charge on any atom is -0.330 e. The quantitative estimate of drug-likeness (QED) is 0.844. The maximum Gasteiger partial charge on any atom is 0.139 e. The minimum absolute atomic E-state index is 0.284. The van der Waals surface area contributed by atoms with Gasteiger partial charge in [0.15, 0.2) is 0 Å². The molecule has 0 radical (unpaired) electrons. The van der Waals surface area contributed by atoms with Crippen LogP contribution in [0, 0.1) is 5.41 Å². The van der Waals surface area contributed by atoms with Crippen LogP contribution in [0.1, 0.15) is 26.3 Å². The van der Waals surface area contributed by atoms with Gasteiger partial charge in [0.05, 0.1) is 0 Å². The van der Waals surface area contributed by atoms with Crippen molar-refractivity contribution in [1.29, 1.82) is 0 Å². The van der Waals surface area contributed by atoms with Crippen LogP contribution >= 0.6 is 11.6 Å². The second-order valence-corrected chi connectivity index (χ2v) is 5.04. The molecule has 15 heavy (non-hydrogen) atoms. The van der Waals surface area contributed by atoms with Crippen LogP contribution in [0.5, 0.6) is 0 Å². The molecule has 1 atom stereocenters. The Morgan fingerprint density at radius 2 is 1.93 bits per heavy atom. The zero-order chi connectivity index (χ0) is 11.7. The fourth-order valence-corrected chi connectivity index (χ4v) is 1.55. The Balaban J connectivity index is 3.16. The van der Waals surface area contributed by atoms with Crippen molar-refractivity contribution in [2.24, 2.45) is 11.1 Å². The van der Waals surface area contributed by atoms with E-state index < -0.39 is 11.1 Å². The minimum atomic E-state index is -1.48. The van der Waals surface area contributed by atoms with Crippen molar-refractivity contribution >= 4 is 11.6 Å². The molecule has 1 nitrogen and oxygen atoms in total. The second-order valence-electron chi connectivity index (χ2n) is 4.60. The third-order valence-corrected chi connectivity index (χ3v) is 3.38. The topological polar surface area (TPSA) is 26.0 Å². The van der Waals surface area contributed by atoms with Gasteiger partial charge in [-0.1, -0.05) is 37.6 Å². The third-order valence-electron chi connectivity index (χ3n) is 3.15. The normalized spacial score (nSPS) is 16.1. The summed E-state index contributed by atoms with van der Waals surface area (Å²) in [5.41, 5.74) is 4.08. The number of alkyl halides is 1. The zero-order valence-electron chi connectivity index (χ0n) is 9.35. The van der Waals surface area contributed by atoms with Gasteiger partial charge in [-0.2, -0.15) is 0 Å². The average Bonchev–Trinajstić information content (AvgIpc) is 2.17. The van der Waals surface area contributed by atoms with E-state index in [1.165, 1.54) is 0 Å². The summed E-state index contributed by atoms with van der Waals surface area (Å²) in [4.78, 5) is 0. The summed E-state index contributed by atoms with van der Waals surface area (Å²) in [5.74, 6) is 0. The lowest BCUT2D eigenvalue weighted by atomic mass is 9.73. The molecule has 84 valence electrons. The van der Waals surface area contributed by atoms with E-state index in [2.05, 4.69) is 0 Å². The Morgan fingerprint density at radius 3 is 2.40 bits per heavy atom. The highest BCUT2D eigenvalue weighted by molar-refractivity contribution is 6.30. The van der Waals surface area contributed by atoms with Gasteiger partial charge < -0.3 is 5.73 Å². The van der Waals surface area contributed by atoms with Crippen LogP contribution in [0.15, 0.2) is 24.3 Å². The molecular weight excluding hydrogens is 213 g/mol. The maximum absolute atomic E-state index is 14.6. The summed E-state index contributed by atoms with van der Waals surface area (Å²) in [6.45, 7) is 5.46.